The molecule has 0 aromatic heterocycles. The molecule has 0 radical (unpaired) electrons. The van der Waals surface area contributed by atoms with Gasteiger partial charge >= 0.3 is 0 Å². The highest BCUT2D eigenvalue weighted by molar-refractivity contribution is 9.10. The van der Waals surface area contributed by atoms with E-state index in [1.807, 2.05) is 6.07 Å². The van der Waals surface area contributed by atoms with Crippen LogP contribution in [0.1, 0.15) is 11.9 Å². The highest BCUT2D eigenvalue weighted by Gasteiger charge is 2.18. The van der Waals surface area contributed by atoms with Gasteiger partial charge in [-0.3, -0.25) is 0 Å². The van der Waals surface area contributed by atoms with Crippen molar-refractivity contribution >= 4 is 21.6 Å². The fourth-order valence-corrected chi connectivity index (χ4v) is 1.85. The Morgan fingerprint density at radius 1 is 1.29 bits per heavy atom. The maximum atomic E-state index is 6.93. The maximum Gasteiger partial charge on any atom is 0.188 e. The smallest absolute Gasteiger partial charge is 0.188 e. The fraction of sp³-hybridized carbons (Fsp3) is 0.300. The molecule has 72 valence electrons. The third kappa shape index (κ3) is 1.95. The molecule has 1 aliphatic heterocycles. The van der Waals surface area contributed by atoms with Crippen molar-refractivity contribution in [2.75, 3.05) is 13.2 Å². The maximum absolute atomic E-state index is 6.93. The van der Waals surface area contributed by atoms with Crippen molar-refractivity contribution in [2.45, 2.75) is 6.29 Å². The van der Waals surface area contributed by atoms with Crippen LogP contribution in [0, 0.1) is 6.57 Å². The highest BCUT2D eigenvalue weighted by Crippen LogP contribution is 2.29. The number of ether oxygens (including phenoxy) is 2. The van der Waals surface area contributed by atoms with Crippen LogP contribution in [0.4, 0.5) is 5.69 Å². The Labute approximate surface area is 90.6 Å². The molecular formula is C10H8BrNO2. The molecule has 1 fully saturated rings. The van der Waals surface area contributed by atoms with E-state index in [1.165, 1.54) is 0 Å². The molecule has 1 aromatic carbocycles. The van der Waals surface area contributed by atoms with Gasteiger partial charge in [0, 0.05) is 4.47 Å². The van der Waals surface area contributed by atoms with E-state index in [1.54, 1.807) is 12.1 Å². The van der Waals surface area contributed by atoms with Gasteiger partial charge in [0.05, 0.1) is 19.8 Å². The quantitative estimate of drug-likeness (QED) is 0.719. The van der Waals surface area contributed by atoms with Crippen LogP contribution in [0.5, 0.6) is 0 Å². The molecule has 1 saturated heterocycles. The Bertz CT molecular complexity index is 380. The molecule has 14 heavy (non-hydrogen) atoms. The molecule has 0 N–H and O–H groups in total. The minimum absolute atomic E-state index is 0.312. The summed E-state index contributed by atoms with van der Waals surface area (Å²) in [5.41, 5.74) is 1.48. The van der Waals surface area contributed by atoms with Crippen LogP contribution < -0.4 is 0 Å². The average Bonchev–Trinajstić information content (AvgIpc) is 2.69. The third-order valence-electron chi connectivity index (χ3n) is 1.93. The molecule has 2 rings (SSSR count). The van der Waals surface area contributed by atoms with Gasteiger partial charge in [-0.25, -0.2) is 4.85 Å². The van der Waals surface area contributed by atoms with E-state index in [0.29, 0.717) is 18.9 Å². The summed E-state index contributed by atoms with van der Waals surface area (Å²) in [6.45, 7) is 8.16. The van der Waals surface area contributed by atoms with Crippen LogP contribution in [0.2, 0.25) is 0 Å². The van der Waals surface area contributed by atoms with Crippen LogP contribution in [0.3, 0.4) is 0 Å². The Kier molecular flexibility index (Phi) is 2.82. The Morgan fingerprint density at radius 2 is 2.00 bits per heavy atom. The SMILES string of the molecule is [C-]#[N+]c1cc(Br)cc(C2OCCO2)c1. The summed E-state index contributed by atoms with van der Waals surface area (Å²) in [4.78, 5) is 3.37. The fourth-order valence-electron chi connectivity index (χ4n) is 1.35. The van der Waals surface area contributed by atoms with E-state index in [0.717, 1.165) is 10.0 Å². The van der Waals surface area contributed by atoms with Crippen molar-refractivity contribution in [3.63, 3.8) is 0 Å². The second-order valence-corrected chi connectivity index (χ2v) is 3.84. The summed E-state index contributed by atoms with van der Waals surface area (Å²) < 4.78 is 11.6. The molecule has 1 heterocycles. The molecule has 4 heteroatoms. The molecule has 0 amide bonds. The molecule has 3 nitrogen and oxygen atoms in total. The predicted molar refractivity (Wildman–Crippen MR) is 55.0 cm³/mol. The van der Waals surface area contributed by atoms with Crippen molar-refractivity contribution in [1.82, 2.24) is 0 Å². The zero-order chi connectivity index (χ0) is 9.97. The lowest BCUT2D eigenvalue weighted by Crippen LogP contribution is -1.97. The van der Waals surface area contributed by atoms with Crippen molar-refractivity contribution in [2.24, 2.45) is 0 Å². The number of benzene rings is 1. The number of rotatable bonds is 1. The third-order valence-corrected chi connectivity index (χ3v) is 2.39. The monoisotopic (exact) mass is 253 g/mol. The molecule has 1 aliphatic rings. The minimum Gasteiger partial charge on any atom is -0.346 e. The van der Waals surface area contributed by atoms with Crippen LogP contribution in [-0.4, -0.2) is 13.2 Å². The Balaban J connectivity index is 2.33. The van der Waals surface area contributed by atoms with Crippen molar-refractivity contribution in [3.05, 3.63) is 39.7 Å². The van der Waals surface area contributed by atoms with Gasteiger partial charge in [0.15, 0.2) is 12.0 Å². The van der Waals surface area contributed by atoms with Crippen molar-refractivity contribution in [3.8, 4) is 0 Å². The lowest BCUT2D eigenvalue weighted by Gasteiger charge is -2.09. The summed E-state index contributed by atoms with van der Waals surface area (Å²) in [7, 11) is 0. The van der Waals surface area contributed by atoms with Gasteiger partial charge in [0.2, 0.25) is 0 Å². The van der Waals surface area contributed by atoms with Crippen LogP contribution >= 0.6 is 15.9 Å². The second-order valence-electron chi connectivity index (χ2n) is 2.93. The number of hydrogen-bond acceptors (Lipinski definition) is 2. The van der Waals surface area contributed by atoms with Gasteiger partial charge in [0.1, 0.15) is 0 Å². The predicted octanol–water partition coefficient (Wildman–Crippen LogP) is 3.05. The van der Waals surface area contributed by atoms with Gasteiger partial charge in [-0.1, -0.05) is 15.9 Å². The van der Waals surface area contributed by atoms with Crippen molar-refractivity contribution < 1.29 is 9.47 Å². The summed E-state index contributed by atoms with van der Waals surface area (Å²) in [6.07, 6.45) is -0.312. The molecule has 0 aliphatic carbocycles. The summed E-state index contributed by atoms with van der Waals surface area (Å²) in [6, 6.07) is 5.46. The van der Waals surface area contributed by atoms with Gasteiger partial charge in [0.25, 0.3) is 0 Å². The molecule has 0 spiro atoms. The lowest BCUT2D eigenvalue weighted by molar-refractivity contribution is -0.0441. The first-order valence-corrected chi connectivity index (χ1v) is 5.00. The molecular weight excluding hydrogens is 246 g/mol. The van der Waals surface area contributed by atoms with Crippen LogP contribution in [0.25, 0.3) is 4.85 Å². The molecule has 0 atom stereocenters. The van der Waals surface area contributed by atoms with E-state index < -0.39 is 0 Å². The Hall–Kier alpha value is -0.890. The van der Waals surface area contributed by atoms with Crippen LogP contribution in [-0.2, 0) is 9.47 Å². The molecule has 0 bridgehead atoms. The van der Waals surface area contributed by atoms with Gasteiger partial charge in [-0.2, -0.15) is 0 Å². The lowest BCUT2D eigenvalue weighted by atomic mass is 10.2. The second kappa shape index (κ2) is 4.09. The zero-order valence-corrected chi connectivity index (χ0v) is 8.95. The van der Waals surface area contributed by atoms with E-state index in [-0.39, 0.29) is 6.29 Å². The average molecular weight is 254 g/mol. The Morgan fingerprint density at radius 3 is 2.64 bits per heavy atom. The first kappa shape index (κ1) is 9.66. The van der Waals surface area contributed by atoms with E-state index in [9.17, 15) is 0 Å². The topological polar surface area (TPSA) is 22.8 Å². The first-order chi connectivity index (χ1) is 6.79. The summed E-state index contributed by atoms with van der Waals surface area (Å²) >= 11 is 3.35. The number of hydrogen-bond donors (Lipinski definition) is 0. The minimum atomic E-state index is -0.312. The number of nitrogens with zero attached hydrogens (tertiary/aromatic N) is 1. The van der Waals surface area contributed by atoms with Crippen molar-refractivity contribution in [1.29, 1.82) is 0 Å². The summed E-state index contributed by atoms with van der Waals surface area (Å²) in [5.74, 6) is 0. The largest absolute Gasteiger partial charge is 0.346 e. The zero-order valence-electron chi connectivity index (χ0n) is 7.37. The van der Waals surface area contributed by atoms with Gasteiger partial charge in [-0.05, 0) is 23.8 Å². The van der Waals surface area contributed by atoms with Gasteiger partial charge < -0.3 is 9.47 Å². The van der Waals surface area contributed by atoms with E-state index in [2.05, 4.69) is 20.8 Å². The highest BCUT2D eigenvalue weighted by atomic mass is 79.9. The van der Waals surface area contributed by atoms with E-state index >= 15 is 0 Å². The van der Waals surface area contributed by atoms with E-state index in [4.69, 9.17) is 16.0 Å². The van der Waals surface area contributed by atoms with Crippen LogP contribution in [0.15, 0.2) is 22.7 Å². The first-order valence-electron chi connectivity index (χ1n) is 4.21. The summed E-state index contributed by atoms with van der Waals surface area (Å²) in [5, 5.41) is 0. The number of halogens is 1. The van der Waals surface area contributed by atoms with Gasteiger partial charge in [-0.15, -0.1) is 0 Å². The standard InChI is InChI=1S/C10H8BrNO2/c1-12-9-5-7(4-8(11)6-9)10-13-2-3-14-10/h4-6,10H,2-3H2. The molecule has 1 aromatic rings. The molecule has 0 unspecified atom stereocenters. The molecule has 0 saturated carbocycles. The normalized spacial score (nSPS) is 16.9.